The number of hydrogen-bond acceptors (Lipinski definition) is 1. The third-order valence-electron chi connectivity index (χ3n) is 4.18. The lowest BCUT2D eigenvalue weighted by Gasteiger charge is -2.40. The highest BCUT2D eigenvalue weighted by Crippen LogP contribution is 2.60. The molecule has 0 heterocycles. The van der Waals surface area contributed by atoms with Gasteiger partial charge in [0.25, 0.3) is 0 Å². The highest BCUT2D eigenvalue weighted by Gasteiger charge is 2.87. The van der Waals surface area contributed by atoms with Crippen LogP contribution < -0.4 is 10.0 Å². The van der Waals surface area contributed by atoms with Gasteiger partial charge in [-0.1, -0.05) is 0 Å². The molecule has 1 N–H and O–H groups in total. The minimum absolute atomic E-state index is 1.27. The van der Waals surface area contributed by atoms with Crippen LogP contribution in [0.25, 0.3) is 0 Å². The molecule has 0 saturated heterocycles. The monoisotopic (exact) mass is 549 g/mol. The van der Waals surface area contributed by atoms with Gasteiger partial charge in [0, 0.05) is 0 Å². The SMILES string of the molecule is CC[NH+](CC)CC.[O-]C(=C(C(F)(F)F)C(F)(F)C(F)(C(F)(F)F)C(F)(F)F)C(F)(F)C(F)(F)F. The van der Waals surface area contributed by atoms with Crippen molar-refractivity contribution in [3.05, 3.63) is 11.3 Å². The molecule has 0 aliphatic rings. The summed E-state index contributed by atoms with van der Waals surface area (Å²) in [6, 6.07) is 0. The van der Waals surface area contributed by atoms with E-state index < -0.39 is 53.6 Å². The second kappa shape index (κ2) is 10.5. The van der Waals surface area contributed by atoms with E-state index in [0.29, 0.717) is 0 Å². The molecular weight excluding hydrogens is 533 g/mol. The number of allylic oxidation sites excluding steroid dienone is 2. The fourth-order valence-corrected chi connectivity index (χ4v) is 2.17. The first-order chi connectivity index (χ1) is 14.6. The van der Waals surface area contributed by atoms with Crippen molar-refractivity contribution in [2.24, 2.45) is 0 Å². The van der Waals surface area contributed by atoms with E-state index in [0.717, 1.165) is 0 Å². The topological polar surface area (TPSA) is 27.5 Å². The summed E-state index contributed by atoms with van der Waals surface area (Å²) in [5.74, 6) is -21.1. The minimum atomic E-state index is -8.34. The highest BCUT2D eigenvalue weighted by atomic mass is 19.4. The molecule has 0 aromatic carbocycles. The Bertz CT molecular complexity index is 659. The minimum Gasteiger partial charge on any atom is -0.871 e. The Balaban J connectivity index is 0. The predicted molar refractivity (Wildman–Crippen MR) is 77.6 cm³/mol. The Labute approximate surface area is 180 Å². The van der Waals surface area contributed by atoms with Crippen molar-refractivity contribution in [3.8, 4) is 0 Å². The fraction of sp³-hybridized carbons (Fsp3) is 0.867. The van der Waals surface area contributed by atoms with Crippen LogP contribution in [0, 0.1) is 0 Å². The lowest BCUT2D eigenvalue weighted by atomic mass is 9.87. The van der Waals surface area contributed by atoms with Gasteiger partial charge in [-0.05, 0) is 26.5 Å². The van der Waals surface area contributed by atoms with Crippen LogP contribution in [0.5, 0.6) is 0 Å². The molecule has 0 aliphatic carbocycles. The molecule has 0 atom stereocenters. The average Bonchev–Trinajstić information content (AvgIpc) is 2.58. The molecule has 0 aromatic heterocycles. The smallest absolute Gasteiger partial charge is 0.456 e. The van der Waals surface area contributed by atoms with Crippen molar-refractivity contribution in [3.63, 3.8) is 0 Å². The maximum Gasteiger partial charge on any atom is 0.456 e. The molecule has 0 rings (SSSR count). The Hall–Kier alpha value is -1.69. The zero-order chi connectivity index (χ0) is 28.4. The van der Waals surface area contributed by atoms with Gasteiger partial charge in [0.15, 0.2) is 0 Å². The molecule has 0 unspecified atom stereocenters. The van der Waals surface area contributed by atoms with Gasteiger partial charge in [0.05, 0.1) is 19.6 Å². The van der Waals surface area contributed by atoms with Crippen molar-refractivity contribution in [2.45, 2.75) is 63.0 Å². The van der Waals surface area contributed by atoms with Crippen LogP contribution in [0.15, 0.2) is 11.3 Å². The maximum atomic E-state index is 13.3. The molecule has 34 heavy (non-hydrogen) atoms. The summed E-state index contributed by atoms with van der Waals surface area (Å²) in [6.07, 6.45) is -31.2. The van der Waals surface area contributed by atoms with Crippen molar-refractivity contribution in [2.75, 3.05) is 19.6 Å². The third kappa shape index (κ3) is 6.71. The van der Waals surface area contributed by atoms with Crippen LogP contribution in [-0.4, -0.2) is 61.9 Å². The molecule has 0 aromatic rings. The fourth-order valence-electron chi connectivity index (χ4n) is 2.17. The zero-order valence-corrected chi connectivity index (χ0v) is 17.0. The van der Waals surface area contributed by atoms with E-state index in [1.165, 1.54) is 19.6 Å². The molecule has 0 saturated carbocycles. The number of quaternary nitrogens is 1. The molecule has 0 amide bonds. The number of halogens is 17. The Kier molecular flexibility index (Phi) is 10.7. The summed E-state index contributed by atoms with van der Waals surface area (Å²) < 4.78 is 211. The number of alkyl halides is 17. The quantitative estimate of drug-likeness (QED) is 0.376. The summed E-state index contributed by atoms with van der Waals surface area (Å²) in [5.41, 5.74) is -13.9. The number of nitrogens with one attached hydrogen (secondary N) is 1. The van der Waals surface area contributed by atoms with Gasteiger partial charge in [-0.3, -0.25) is 0 Å². The predicted octanol–water partition coefficient (Wildman–Crippen LogP) is 4.76. The van der Waals surface area contributed by atoms with Gasteiger partial charge in [-0.15, -0.1) is 0 Å². The third-order valence-corrected chi connectivity index (χ3v) is 4.18. The van der Waals surface area contributed by atoms with Gasteiger partial charge in [0.2, 0.25) is 0 Å². The van der Waals surface area contributed by atoms with Crippen molar-refractivity contribution >= 4 is 0 Å². The van der Waals surface area contributed by atoms with E-state index in [-0.39, 0.29) is 0 Å². The van der Waals surface area contributed by atoms with E-state index in [1.807, 2.05) is 0 Å². The summed E-state index contributed by atoms with van der Waals surface area (Å²) in [4.78, 5) is 1.68. The summed E-state index contributed by atoms with van der Waals surface area (Å²) >= 11 is 0. The second-order valence-corrected chi connectivity index (χ2v) is 6.31. The van der Waals surface area contributed by atoms with Gasteiger partial charge in [-0.25, -0.2) is 4.39 Å². The van der Waals surface area contributed by atoms with E-state index >= 15 is 0 Å². The van der Waals surface area contributed by atoms with E-state index in [4.69, 9.17) is 0 Å². The van der Waals surface area contributed by atoms with Crippen LogP contribution in [0.2, 0.25) is 0 Å². The Morgan fingerprint density at radius 2 is 0.824 bits per heavy atom. The first kappa shape index (κ1) is 34.5. The lowest BCUT2D eigenvalue weighted by molar-refractivity contribution is -0.894. The van der Waals surface area contributed by atoms with Crippen molar-refractivity contribution in [1.29, 1.82) is 0 Å². The van der Waals surface area contributed by atoms with Crippen LogP contribution >= 0.6 is 0 Å². The maximum absolute atomic E-state index is 13.3. The first-order valence-corrected chi connectivity index (χ1v) is 8.60. The van der Waals surface area contributed by atoms with Gasteiger partial charge in [-0.2, -0.15) is 70.2 Å². The molecule has 0 spiro atoms. The Morgan fingerprint density at radius 3 is 0.971 bits per heavy atom. The molecule has 0 bridgehead atoms. The summed E-state index contributed by atoms with van der Waals surface area (Å²) in [6.45, 7) is 10.5. The van der Waals surface area contributed by atoms with Crippen molar-refractivity contribution < 1.29 is 84.6 Å². The standard InChI is InChI=1S/C9HF17O.C6H15N/c10-3(11,6(17,8(21,22)23)9(24,25)26)1(5(14,15)16)2(27)4(12,13)7(18,19)20;1-4-7(5-2)6-3/h27H;4-6H2,1-3H3. The summed E-state index contributed by atoms with van der Waals surface area (Å²) in [7, 11) is 0. The first-order valence-electron chi connectivity index (χ1n) is 8.60. The zero-order valence-electron chi connectivity index (χ0n) is 17.0. The van der Waals surface area contributed by atoms with Gasteiger partial charge < -0.3 is 10.0 Å². The van der Waals surface area contributed by atoms with Crippen LogP contribution in [0.1, 0.15) is 20.8 Å². The largest absolute Gasteiger partial charge is 0.871 e. The molecule has 2 nitrogen and oxygen atoms in total. The van der Waals surface area contributed by atoms with Crippen LogP contribution in [-0.2, 0) is 0 Å². The molecule has 206 valence electrons. The van der Waals surface area contributed by atoms with Gasteiger partial charge in [0.1, 0.15) is 5.57 Å². The van der Waals surface area contributed by atoms with Crippen molar-refractivity contribution in [1.82, 2.24) is 0 Å². The molecule has 0 aliphatic heterocycles. The number of rotatable bonds is 6. The molecular formula is C15H16F17NO. The second-order valence-electron chi connectivity index (χ2n) is 6.31. The number of hydrogen-bond donors (Lipinski definition) is 1. The van der Waals surface area contributed by atoms with E-state index in [1.54, 1.807) is 4.90 Å². The normalized spacial score (nSPS) is 15.7. The van der Waals surface area contributed by atoms with E-state index in [9.17, 15) is 79.7 Å². The highest BCUT2D eigenvalue weighted by molar-refractivity contribution is 5.32. The van der Waals surface area contributed by atoms with Crippen LogP contribution in [0.3, 0.4) is 0 Å². The van der Waals surface area contributed by atoms with Crippen LogP contribution in [0.4, 0.5) is 74.6 Å². The summed E-state index contributed by atoms with van der Waals surface area (Å²) in [5, 5.41) is 10.6. The Morgan fingerprint density at radius 1 is 0.529 bits per heavy atom. The van der Waals surface area contributed by atoms with Gasteiger partial charge >= 0.3 is 42.2 Å². The lowest BCUT2D eigenvalue weighted by Crippen LogP contribution is -3.11. The van der Waals surface area contributed by atoms with E-state index in [2.05, 4.69) is 20.8 Å². The average molecular weight is 549 g/mol. The molecule has 0 radical (unpaired) electrons. The molecule has 19 heteroatoms. The molecule has 0 fully saturated rings.